The van der Waals surface area contributed by atoms with Crippen molar-refractivity contribution in [3.8, 4) is 5.75 Å². The van der Waals surface area contributed by atoms with Crippen LogP contribution in [-0.2, 0) is 4.79 Å². The summed E-state index contributed by atoms with van der Waals surface area (Å²) < 4.78 is 5.52. The number of hydrogen-bond donors (Lipinski definition) is 0. The summed E-state index contributed by atoms with van der Waals surface area (Å²) in [6.07, 6.45) is 2.92. The minimum atomic E-state index is 0.0642. The predicted molar refractivity (Wildman–Crippen MR) is 79.8 cm³/mol. The number of hydrogen-bond acceptors (Lipinski definition) is 3. The van der Waals surface area contributed by atoms with Crippen molar-refractivity contribution in [3.63, 3.8) is 0 Å². The molecule has 0 bridgehead atoms. The molecule has 1 aliphatic rings. The fourth-order valence-electron chi connectivity index (χ4n) is 2.34. The van der Waals surface area contributed by atoms with Gasteiger partial charge in [-0.2, -0.15) is 0 Å². The van der Waals surface area contributed by atoms with Gasteiger partial charge in [-0.05, 0) is 18.6 Å². The van der Waals surface area contributed by atoms with E-state index in [1.807, 2.05) is 41.3 Å². The number of rotatable bonds is 5. The summed E-state index contributed by atoms with van der Waals surface area (Å²) in [7, 11) is 0. The van der Waals surface area contributed by atoms with Gasteiger partial charge < -0.3 is 9.64 Å². The first-order valence-corrected chi connectivity index (χ1v) is 7.08. The summed E-state index contributed by atoms with van der Waals surface area (Å²) in [6.45, 7) is 8.28. The van der Waals surface area contributed by atoms with Gasteiger partial charge in [-0.1, -0.05) is 24.3 Å². The lowest BCUT2D eigenvalue weighted by Crippen LogP contribution is -2.38. The highest BCUT2D eigenvalue weighted by atomic mass is 16.5. The van der Waals surface area contributed by atoms with Crippen LogP contribution < -0.4 is 4.74 Å². The van der Waals surface area contributed by atoms with Crippen LogP contribution >= 0.6 is 0 Å². The van der Waals surface area contributed by atoms with Gasteiger partial charge in [0.2, 0.25) is 0 Å². The molecule has 0 atom stereocenters. The molecule has 4 heteroatoms. The topological polar surface area (TPSA) is 32.8 Å². The second-order valence-electron chi connectivity index (χ2n) is 4.93. The van der Waals surface area contributed by atoms with Gasteiger partial charge in [-0.3, -0.25) is 9.69 Å². The third kappa shape index (κ3) is 4.38. The minimum Gasteiger partial charge on any atom is -0.484 e. The summed E-state index contributed by atoms with van der Waals surface area (Å²) in [5.74, 6) is 0.804. The van der Waals surface area contributed by atoms with Crippen molar-refractivity contribution in [3.05, 3.63) is 43.0 Å². The van der Waals surface area contributed by atoms with Gasteiger partial charge in [-0.15, -0.1) is 6.58 Å². The molecule has 1 aromatic carbocycles. The lowest BCUT2D eigenvalue weighted by Gasteiger charge is -2.21. The van der Waals surface area contributed by atoms with Crippen LogP contribution in [0.2, 0.25) is 0 Å². The van der Waals surface area contributed by atoms with Gasteiger partial charge in [0.05, 0.1) is 0 Å². The van der Waals surface area contributed by atoms with Gasteiger partial charge >= 0.3 is 0 Å². The van der Waals surface area contributed by atoms with E-state index in [1.165, 1.54) is 0 Å². The van der Waals surface area contributed by atoms with Crippen molar-refractivity contribution in [2.24, 2.45) is 0 Å². The van der Waals surface area contributed by atoms with Crippen molar-refractivity contribution in [2.75, 3.05) is 39.3 Å². The summed E-state index contributed by atoms with van der Waals surface area (Å²) >= 11 is 0. The Hall–Kier alpha value is -1.81. The van der Waals surface area contributed by atoms with Crippen LogP contribution in [-0.4, -0.2) is 55.0 Å². The van der Waals surface area contributed by atoms with Crippen molar-refractivity contribution in [2.45, 2.75) is 6.42 Å². The first-order chi connectivity index (χ1) is 9.79. The largest absolute Gasteiger partial charge is 0.484 e. The van der Waals surface area contributed by atoms with Crippen LogP contribution in [0, 0.1) is 0 Å². The normalized spacial score (nSPS) is 16.5. The third-order valence-corrected chi connectivity index (χ3v) is 3.43. The van der Waals surface area contributed by atoms with E-state index in [4.69, 9.17) is 4.74 Å². The smallest absolute Gasteiger partial charge is 0.260 e. The molecule has 1 aromatic rings. The number of carbonyl (C=O) groups is 1. The van der Waals surface area contributed by atoms with E-state index in [1.54, 1.807) is 0 Å². The first kappa shape index (κ1) is 14.6. The summed E-state index contributed by atoms with van der Waals surface area (Å²) in [5, 5.41) is 0. The summed E-state index contributed by atoms with van der Waals surface area (Å²) in [6, 6.07) is 9.46. The highest BCUT2D eigenvalue weighted by Gasteiger charge is 2.18. The Morgan fingerprint density at radius 1 is 1.20 bits per heavy atom. The molecule has 108 valence electrons. The van der Waals surface area contributed by atoms with E-state index in [2.05, 4.69) is 11.5 Å². The molecule has 0 N–H and O–H groups in total. The second kappa shape index (κ2) is 7.70. The van der Waals surface area contributed by atoms with E-state index in [9.17, 15) is 4.79 Å². The molecular weight excluding hydrogens is 252 g/mol. The summed E-state index contributed by atoms with van der Waals surface area (Å²) in [4.78, 5) is 16.4. The van der Waals surface area contributed by atoms with Crippen LogP contribution in [0.25, 0.3) is 0 Å². The van der Waals surface area contributed by atoms with Crippen molar-refractivity contribution in [1.82, 2.24) is 9.80 Å². The maximum atomic E-state index is 12.2. The molecule has 0 spiro atoms. The number of nitrogens with zero attached hydrogens (tertiary/aromatic N) is 2. The molecule has 1 amide bonds. The Labute approximate surface area is 120 Å². The Bertz CT molecular complexity index is 433. The molecule has 20 heavy (non-hydrogen) atoms. The zero-order valence-electron chi connectivity index (χ0n) is 11.8. The van der Waals surface area contributed by atoms with E-state index in [0.717, 1.165) is 44.9 Å². The van der Waals surface area contributed by atoms with E-state index < -0.39 is 0 Å². The maximum absolute atomic E-state index is 12.2. The first-order valence-electron chi connectivity index (χ1n) is 7.08. The Morgan fingerprint density at radius 3 is 2.75 bits per heavy atom. The highest BCUT2D eigenvalue weighted by molar-refractivity contribution is 5.77. The number of ether oxygens (including phenoxy) is 1. The number of carbonyl (C=O) groups excluding carboxylic acids is 1. The van der Waals surface area contributed by atoms with Crippen molar-refractivity contribution >= 4 is 5.91 Å². The molecule has 0 radical (unpaired) electrons. The monoisotopic (exact) mass is 274 g/mol. The Morgan fingerprint density at radius 2 is 2.00 bits per heavy atom. The van der Waals surface area contributed by atoms with Crippen LogP contribution in [0.3, 0.4) is 0 Å². The maximum Gasteiger partial charge on any atom is 0.260 e. The molecule has 1 saturated heterocycles. The van der Waals surface area contributed by atoms with Crippen LogP contribution in [0.1, 0.15) is 6.42 Å². The zero-order chi connectivity index (χ0) is 14.2. The average molecular weight is 274 g/mol. The molecule has 2 rings (SSSR count). The predicted octanol–water partition coefficient (Wildman–Crippen LogP) is 1.79. The number of amides is 1. The molecule has 0 saturated carbocycles. The van der Waals surface area contributed by atoms with Crippen LogP contribution in [0.5, 0.6) is 5.75 Å². The average Bonchev–Trinajstić information content (AvgIpc) is 2.72. The van der Waals surface area contributed by atoms with Gasteiger partial charge in [0, 0.05) is 32.7 Å². The van der Waals surface area contributed by atoms with Gasteiger partial charge in [-0.25, -0.2) is 0 Å². The molecule has 0 unspecified atom stereocenters. The molecule has 1 heterocycles. The second-order valence-corrected chi connectivity index (χ2v) is 4.93. The quantitative estimate of drug-likeness (QED) is 0.767. The van der Waals surface area contributed by atoms with Gasteiger partial charge in [0.1, 0.15) is 5.75 Å². The van der Waals surface area contributed by atoms with E-state index in [-0.39, 0.29) is 12.5 Å². The minimum absolute atomic E-state index is 0.0642. The zero-order valence-corrected chi connectivity index (χ0v) is 11.8. The van der Waals surface area contributed by atoms with Crippen LogP contribution in [0.4, 0.5) is 0 Å². The van der Waals surface area contributed by atoms with Crippen LogP contribution in [0.15, 0.2) is 43.0 Å². The Balaban J connectivity index is 1.79. The van der Waals surface area contributed by atoms with E-state index >= 15 is 0 Å². The number of para-hydroxylation sites is 1. The molecule has 4 nitrogen and oxygen atoms in total. The number of benzene rings is 1. The Kier molecular flexibility index (Phi) is 5.62. The fourth-order valence-corrected chi connectivity index (χ4v) is 2.34. The summed E-state index contributed by atoms with van der Waals surface area (Å²) in [5.41, 5.74) is 0. The van der Waals surface area contributed by atoms with Gasteiger partial charge in [0.15, 0.2) is 6.61 Å². The lowest BCUT2D eigenvalue weighted by atomic mass is 10.3. The van der Waals surface area contributed by atoms with E-state index in [0.29, 0.717) is 0 Å². The standard InChI is InChI=1S/C16H22N2O2/c1-2-9-17-10-6-11-18(13-12-17)16(19)14-20-15-7-4-3-5-8-15/h2-5,7-8H,1,6,9-14H2. The third-order valence-electron chi connectivity index (χ3n) is 3.43. The highest BCUT2D eigenvalue weighted by Crippen LogP contribution is 2.09. The molecular formula is C16H22N2O2. The van der Waals surface area contributed by atoms with Crippen molar-refractivity contribution < 1.29 is 9.53 Å². The molecule has 1 aliphatic heterocycles. The molecule has 0 aromatic heterocycles. The van der Waals surface area contributed by atoms with Gasteiger partial charge in [0.25, 0.3) is 5.91 Å². The molecule has 1 fully saturated rings. The van der Waals surface area contributed by atoms with Crippen molar-refractivity contribution in [1.29, 1.82) is 0 Å². The molecule has 0 aliphatic carbocycles. The SMILES string of the molecule is C=CCN1CCCN(C(=O)COc2ccccc2)CC1. The fraction of sp³-hybridized carbons (Fsp3) is 0.438. The lowest BCUT2D eigenvalue weighted by molar-refractivity contribution is -0.133.